The second kappa shape index (κ2) is 6.98. The number of methoxy groups -OCH3 is 1. The van der Waals surface area contributed by atoms with Crippen LogP contribution in [0.5, 0.6) is 5.75 Å². The van der Waals surface area contributed by atoms with Crippen LogP contribution in [0.25, 0.3) is 21.3 Å². The first kappa shape index (κ1) is 18.0. The molecule has 6 nitrogen and oxygen atoms in total. The molecule has 1 saturated heterocycles. The third kappa shape index (κ3) is 3.11. The predicted molar refractivity (Wildman–Crippen MR) is 109 cm³/mol. The number of H-pyrrole nitrogens is 1. The van der Waals surface area contributed by atoms with E-state index in [0.717, 1.165) is 48.4 Å². The molecule has 0 spiro atoms. The summed E-state index contributed by atoms with van der Waals surface area (Å²) in [6.45, 7) is 3.76. The van der Waals surface area contributed by atoms with Crippen molar-refractivity contribution in [2.75, 3.05) is 27.2 Å². The molecule has 1 fully saturated rings. The highest BCUT2D eigenvalue weighted by atomic mass is 32.1. The minimum Gasteiger partial charge on any atom is -0.496 e. The first-order valence-corrected chi connectivity index (χ1v) is 9.97. The van der Waals surface area contributed by atoms with Crippen LogP contribution < -0.4 is 16.0 Å². The van der Waals surface area contributed by atoms with Crippen molar-refractivity contribution in [3.05, 3.63) is 50.0 Å². The molecule has 142 valence electrons. The maximum Gasteiger partial charge on any atom is 0.329 e. The van der Waals surface area contributed by atoms with E-state index in [-0.39, 0.29) is 17.3 Å². The highest BCUT2D eigenvalue weighted by molar-refractivity contribution is 7.17. The SMILES string of the molecule is COc1ccc(-c2csc3[nH]c(=O)n(C4CCN(C)CC4)c(=O)c23)cc1C. The van der Waals surface area contributed by atoms with Crippen molar-refractivity contribution in [3.63, 3.8) is 0 Å². The van der Waals surface area contributed by atoms with E-state index < -0.39 is 0 Å². The number of piperidine rings is 1. The number of ether oxygens (including phenoxy) is 1. The Morgan fingerprint density at radius 2 is 1.96 bits per heavy atom. The van der Waals surface area contributed by atoms with Crippen molar-refractivity contribution in [1.29, 1.82) is 0 Å². The van der Waals surface area contributed by atoms with Gasteiger partial charge in [-0.1, -0.05) is 6.07 Å². The van der Waals surface area contributed by atoms with E-state index in [0.29, 0.717) is 10.2 Å². The van der Waals surface area contributed by atoms with E-state index in [4.69, 9.17) is 4.74 Å². The smallest absolute Gasteiger partial charge is 0.329 e. The molecule has 0 amide bonds. The average Bonchev–Trinajstić information content (AvgIpc) is 3.07. The minimum absolute atomic E-state index is 0.0489. The fourth-order valence-electron chi connectivity index (χ4n) is 3.88. The van der Waals surface area contributed by atoms with Gasteiger partial charge in [0.15, 0.2) is 0 Å². The number of fused-ring (bicyclic) bond motifs is 1. The summed E-state index contributed by atoms with van der Waals surface area (Å²) < 4.78 is 6.77. The molecule has 0 bridgehead atoms. The quantitative estimate of drug-likeness (QED) is 0.753. The topological polar surface area (TPSA) is 67.3 Å². The summed E-state index contributed by atoms with van der Waals surface area (Å²) in [7, 11) is 3.71. The summed E-state index contributed by atoms with van der Waals surface area (Å²) in [5.41, 5.74) is 2.34. The third-order valence-electron chi connectivity index (χ3n) is 5.42. The molecule has 1 aliphatic heterocycles. The Labute approximate surface area is 161 Å². The first-order valence-electron chi connectivity index (χ1n) is 9.09. The van der Waals surface area contributed by atoms with Gasteiger partial charge in [0.1, 0.15) is 10.6 Å². The minimum atomic E-state index is -0.304. The Hall–Kier alpha value is -2.38. The van der Waals surface area contributed by atoms with Crippen LogP contribution in [0.15, 0.2) is 33.2 Å². The molecular weight excluding hydrogens is 362 g/mol. The molecule has 4 rings (SSSR count). The highest BCUT2D eigenvalue weighted by Crippen LogP contribution is 2.33. The van der Waals surface area contributed by atoms with Gasteiger partial charge in [-0.3, -0.25) is 14.3 Å². The fourth-order valence-corrected chi connectivity index (χ4v) is 4.83. The normalized spacial score (nSPS) is 16.1. The first-order chi connectivity index (χ1) is 13.0. The molecule has 0 radical (unpaired) electrons. The van der Waals surface area contributed by atoms with Crippen molar-refractivity contribution in [1.82, 2.24) is 14.5 Å². The van der Waals surface area contributed by atoms with E-state index in [9.17, 15) is 9.59 Å². The molecule has 7 heteroatoms. The monoisotopic (exact) mass is 385 g/mol. The Balaban J connectivity index is 1.87. The average molecular weight is 385 g/mol. The largest absolute Gasteiger partial charge is 0.496 e. The molecule has 1 aliphatic rings. The molecular formula is C20H23N3O3S. The Morgan fingerprint density at radius 3 is 2.63 bits per heavy atom. The van der Waals surface area contributed by atoms with Crippen molar-refractivity contribution >= 4 is 21.6 Å². The fraction of sp³-hybridized carbons (Fsp3) is 0.400. The van der Waals surface area contributed by atoms with Gasteiger partial charge in [-0.25, -0.2) is 4.79 Å². The maximum atomic E-state index is 13.3. The summed E-state index contributed by atoms with van der Waals surface area (Å²) in [6, 6.07) is 5.84. The van der Waals surface area contributed by atoms with Crippen LogP contribution in [0.1, 0.15) is 24.4 Å². The molecule has 0 saturated carbocycles. The summed E-state index contributed by atoms with van der Waals surface area (Å²) in [5.74, 6) is 0.815. The van der Waals surface area contributed by atoms with Gasteiger partial charge in [-0.05, 0) is 63.2 Å². The van der Waals surface area contributed by atoms with Crippen LogP contribution in [0.4, 0.5) is 0 Å². The van der Waals surface area contributed by atoms with Crippen molar-refractivity contribution in [2.24, 2.45) is 0 Å². The summed E-state index contributed by atoms with van der Waals surface area (Å²) >= 11 is 1.40. The van der Waals surface area contributed by atoms with Crippen molar-refractivity contribution in [3.8, 4) is 16.9 Å². The third-order valence-corrected chi connectivity index (χ3v) is 6.32. The van der Waals surface area contributed by atoms with Crippen LogP contribution in [-0.4, -0.2) is 41.7 Å². The number of rotatable bonds is 3. The lowest BCUT2D eigenvalue weighted by molar-refractivity contribution is 0.216. The number of thiophene rings is 1. The van der Waals surface area contributed by atoms with Crippen molar-refractivity contribution < 1.29 is 4.74 Å². The number of aromatic amines is 1. The summed E-state index contributed by atoms with van der Waals surface area (Å²) in [6.07, 6.45) is 1.62. The van der Waals surface area contributed by atoms with E-state index in [1.807, 2.05) is 30.5 Å². The highest BCUT2D eigenvalue weighted by Gasteiger charge is 2.24. The number of hydrogen-bond acceptors (Lipinski definition) is 5. The van der Waals surface area contributed by atoms with E-state index in [1.54, 1.807) is 7.11 Å². The zero-order valence-corrected chi connectivity index (χ0v) is 16.6. The molecule has 0 unspecified atom stereocenters. The summed E-state index contributed by atoms with van der Waals surface area (Å²) in [4.78, 5) is 31.7. The molecule has 0 atom stereocenters. The van der Waals surface area contributed by atoms with Gasteiger partial charge in [-0.15, -0.1) is 11.3 Å². The van der Waals surface area contributed by atoms with Crippen LogP contribution in [0.3, 0.4) is 0 Å². The summed E-state index contributed by atoms with van der Waals surface area (Å²) in [5, 5.41) is 2.55. The van der Waals surface area contributed by atoms with Crippen LogP contribution >= 0.6 is 11.3 Å². The number of aryl methyl sites for hydroxylation is 1. The molecule has 27 heavy (non-hydrogen) atoms. The lowest BCUT2D eigenvalue weighted by Gasteiger charge is -2.29. The number of hydrogen-bond donors (Lipinski definition) is 1. The van der Waals surface area contributed by atoms with Gasteiger partial charge in [0.2, 0.25) is 0 Å². The molecule has 1 aromatic carbocycles. The van der Waals surface area contributed by atoms with Gasteiger partial charge in [0.05, 0.1) is 12.5 Å². The van der Waals surface area contributed by atoms with E-state index >= 15 is 0 Å². The number of nitrogens with zero attached hydrogens (tertiary/aromatic N) is 2. The predicted octanol–water partition coefficient (Wildman–Crippen LogP) is 3.00. The number of likely N-dealkylation sites (tertiary alicyclic amines) is 1. The van der Waals surface area contributed by atoms with Gasteiger partial charge >= 0.3 is 5.69 Å². The van der Waals surface area contributed by atoms with E-state index in [1.165, 1.54) is 15.9 Å². The molecule has 1 N–H and O–H groups in total. The van der Waals surface area contributed by atoms with Gasteiger partial charge in [-0.2, -0.15) is 0 Å². The van der Waals surface area contributed by atoms with Crippen LogP contribution in [-0.2, 0) is 0 Å². The van der Waals surface area contributed by atoms with Gasteiger partial charge in [0, 0.05) is 17.0 Å². The van der Waals surface area contributed by atoms with Crippen molar-refractivity contribution in [2.45, 2.75) is 25.8 Å². The molecule has 3 heterocycles. The number of nitrogens with one attached hydrogen (secondary N) is 1. The molecule has 3 aromatic rings. The van der Waals surface area contributed by atoms with E-state index in [2.05, 4.69) is 16.9 Å². The lowest BCUT2D eigenvalue weighted by atomic mass is 10.0. The maximum absolute atomic E-state index is 13.3. The second-order valence-electron chi connectivity index (χ2n) is 7.18. The molecule has 2 aromatic heterocycles. The number of benzene rings is 1. The van der Waals surface area contributed by atoms with Gasteiger partial charge in [0.25, 0.3) is 5.56 Å². The molecule has 0 aliphatic carbocycles. The van der Waals surface area contributed by atoms with Crippen LogP contribution in [0, 0.1) is 6.92 Å². The number of aromatic nitrogens is 2. The van der Waals surface area contributed by atoms with Gasteiger partial charge < -0.3 is 9.64 Å². The lowest BCUT2D eigenvalue weighted by Crippen LogP contribution is -2.42. The Bertz CT molecular complexity index is 1100. The zero-order chi connectivity index (χ0) is 19.1. The standard InChI is InChI=1S/C20H23N3O3S/c1-12-10-13(4-5-16(12)26-3)15-11-27-18-17(15)19(24)23(20(25)21-18)14-6-8-22(2)9-7-14/h4-5,10-11,14H,6-9H2,1-3H3,(H,21,25). The Kier molecular flexibility index (Phi) is 4.65. The zero-order valence-electron chi connectivity index (χ0n) is 15.7. The Morgan fingerprint density at radius 1 is 1.22 bits per heavy atom. The van der Waals surface area contributed by atoms with Crippen LogP contribution in [0.2, 0.25) is 0 Å². The second-order valence-corrected chi connectivity index (χ2v) is 8.06.